The van der Waals surface area contributed by atoms with E-state index in [1.807, 2.05) is 0 Å². The highest BCUT2D eigenvalue weighted by atomic mass is 79.9. The number of halogens is 1. The smallest absolute Gasteiger partial charge is 0.206 e. The van der Waals surface area contributed by atoms with Crippen molar-refractivity contribution in [3.63, 3.8) is 0 Å². The fourth-order valence-corrected chi connectivity index (χ4v) is 6.06. The van der Waals surface area contributed by atoms with Crippen molar-refractivity contribution in [2.24, 2.45) is 5.92 Å². The first kappa shape index (κ1) is 13.5. The lowest BCUT2D eigenvalue weighted by Gasteiger charge is -2.30. The average Bonchev–Trinajstić information content (AvgIpc) is 2.76. The maximum Gasteiger partial charge on any atom is 0.253 e. The van der Waals surface area contributed by atoms with Crippen LogP contribution in [0.4, 0.5) is 0 Å². The van der Waals surface area contributed by atoms with E-state index in [4.69, 9.17) is 0 Å². The van der Waals surface area contributed by atoms with Crippen molar-refractivity contribution in [1.82, 2.24) is 4.31 Å². The number of sulfonamides is 1. The van der Waals surface area contributed by atoms with E-state index >= 15 is 0 Å². The number of hydrogen-bond acceptors (Lipinski definition) is 3. The van der Waals surface area contributed by atoms with Crippen molar-refractivity contribution in [3.8, 4) is 0 Å². The monoisotopic (exact) mass is 337 g/mol. The van der Waals surface area contributed by atoms with Gasteiger partial charge in [-0.3, -0.25) is 0 Å². The SMILES string of the molecule is CCC1CCN(S(=O)(=O)c2sccc2Br)CC1. The largest absolute Gasteiger partial charge is 0.253 e. The van der Waals surface area contributed by atoms with Crippen LogP contribution in [0, 0.1) is 5.92 Å². The molecule has 0 saturated carbocycles. The Balaban J connectivity index is 2.16. The van der Waals surface area contributed by atoms with E-state index in [2.05, 4.69) is 22.9 Å². The number of hydrogen-bond donors (Lipinski definition) is 0. The Hall–Kier alpha value is 0.0900. The molecule has 17 heavy (non-hydrogen) atoms. The van der Waals surface area contributed by atoms with Gasteiger partial charge in [-0.1, -0.05) is 13.3 Å². The van der Waals surface area contributed by atoms with Gasteiger partial charge in [0, 0.05) is 17.6 Å². The zero-order valence-corrected chi connectivity index (χ0v) is 12.9. The first-order chi connectivity index (χ1) is 8.05. The van der Waals surface area contributed by atoms with Gasteiger partial charge >= 0.3 is 0 Å². The van der Waals surface area contributed by atoms with Crippen LogP contribution in [0.2, 0.25) is 0 Å². The molecule has 0 aromatic carbocycles. The Bertz CT molecular complexity index is 475. The molecule has 96 valence electrons. The third kappa shape index (κ3) is 2.75. The molecule has 6 heteroatoms. The van der Waals surface area contributed by atoms with E-state index < -0.39 is 10.0 Å². The summed E-state index contributed by atoms with van der Waals surface area (Å²) in [5.41, 5.74) is 0. The van der Waals surface area contributed by atoms with Crippen LogP contribution in [0.3, 0.4) is 0 Å². The number of piperidine rings is 1. The van der Waals surface area contributed by atoms with Crippen LogP contribution < -0.4 is 0 Å². The Morgan fingerprint density at radius 1 is 1.47 bits per heavy atom. The quantitative estimate of drug-likeness (QED) is 0.848. The molecule has 0 N–H and O–H groups in total. The standard InChI is InChI=1S/C11H16BrNO2S2/c1-2-9-3-6-13(7-4-9)17(14,15)11-10(12)5-8-16-11/h5,8-9H,2-4,6-7H2,1H3. The second-order valence-electron chi connectivity index (χ2n) is 4.31. The summed E-state index contributed by atoms with van der Waals surface area (Å²) in [7, 11) is -3.28. The molecule has 1 saturated heterocycles. The second-order valence-corrected chi connectivity index (χ2v) is 8.22. The lowest BCUT2D eigenvalue weighted by Crippen LogP contribution is -2.38. The van der Waals surface area contributed by atoms with Gasteiger partial charge < -0.3 is 0 Å². The molecule has 1 aromatic heterocycles. The van der Waals surface area contributed by atoms with Crippen molar-refractivity contribution in [2.75, 3.05) is 13.1 Å². The summed E-state index contributed by atoms with van der Waals surface area (Å²) in [6.07, 6.45) is 3.12. The van der Waals surface area contributed by atoms with E-state index in [0.29, 0.717) is 27.7 Å². The van der Waals surface area contributed by atoms with Crippen LogP contribution in [-0.4, -0.2) is 25.8 Å². The van der Waals surface area contributed by atoms with Gasteiger partial charge in [-0.05, 0) is 46.1 Å². The van der Waals surface area contributed by atoms with Gasteiger partial charge in [-0.15, -0.1) is 11.3 Å². The highest BCUT2D eigenvalue weighted by molar-refractivity contribution is 9.10. The highest BCUT2D eigenvalue weighted by Gasteiger charge is 2.30. The Kier molecular flexibility index (Phi) is 4.28. The zero-order valence-electron chi connectivity index (χ0n) is 9.73. The van der Waals surface area contributed by atoms with Crippen molar-refractivity contribution < 1.29 is 8.42 Å². The zero-order chi connectivity index (χ0) is 12.5. The fourth-order valence-electron chi connectivity index (χ4n) is 2.14. The maximum atomic E-state index is 12.4. The number of nitrogens with zero attached hydrogens (tertiary/aromatic N) is 1. The van der Waals surface area contributed by atoms with Gasteiger partial charge in [-0.2, -0.15) is 4.31 Å². The molecule has 0 spiro atoms. The molecular formula is C11H16BrNO2S2. The molecule has 0 bridgehead atoms. The average molecular weight is 338 g/mol. The van der Waals surface area contributed by atoms with E-state index in [0.717, 1.165) is 19.3 Å². The molecule has 0 amide bonds. The summed E-state index contributed by atoms with van der Waals surface area (Å²) in [5.74, 6) is 0.688. The minimum absolute atomic E-state index is 0.437. The highest BCUT2D eigenvalue weighted by Crippen LogP contribution is 2.32. The summed E-state index contributed by atoms with van der Waals surface area (Å²) < 4.78 is 27.5. The molecule has 2 heterocycles. The first-order valence-electron chi connectivity index (χ1n) is 5.79. The predicted octanol–water partition coefficient (Wildman–Crippen LogP) is 3.32. The Morgan fingerprint density at radius 2 is 2.12 bits per heavy atom. The molecule has 0 aliphatic carbocycles. The third-order valence-electron chi connectivity index (χ3n) is 3.31. The summed E-state index contributed by atoms with van der Waals surface area (Å²) >= 11 is 4.58. The molecule has 0 atom stereocenters. The fraction of sp³-hybridized carbons (Fsp3) is 0.636. The summed E-state index contributed by atoms with van der Waals surface area (Å²) in [6, 6.07) is 1.79. The van der Waals surface area contributed by atoms with Gasteiger partial charge in [-0.25, -0.2) is 8.42 Å². The van der Waals surface area contributed by atoms with Crippen LogP contribution in [0.5, 0.6) is 0 Å². The molecule has 2 rings (SSSR count). The Labute approximate surface area is 115 Å². The van der Waals surface area contributed by atoms with Crippen LogP contribution in [0.25, 0.3) is 0 Å². The Morgan fingerprint density at radius 3 is 2.59 bits per heavy atom. The molecule has 0 unspecified atom stereocenters. The van der Waals surface area contributed by atoms with Crippen molar-refractivity contribution in [1.29, 1.82) is 0 Å². The van der Waals surface area contributed by atoms with E-state index in [-0.39, 0.29) is 0 Å². The maximum absolute atomic E-state index is 12.4. The number of rotatable bonds is 3. The molecule has 1 aromatic rings. The van der Waals surface area contributed by atoms with E-state index in [1.54, 1.807) is 15.8 Å². The van der Waals surface area contributed by atoms with Gasteiger partial charge in [0.05, 0.1) is 0 Å². The minimum Gasteiger partial charge on any atom is -0.206 e. The van der Waals surface area contributed by atoms with Crippen LogP contribution in [0.15, 0.2) is 20.1 Å². The molecule has 3 nitrogen and oxygen atoms in total. The van der Waals surface area contributed by atoms with E-state index in [9.17, 15) is 8.42 Å². The lowest BCUT2D eigenvalue weighted by molar-refractivity contribution is 0.269. The summed E-state index contributed by atoms with van der Waals surface area (Å²) in [5, 5.41) is 1.80. The van der Waals surface area contributed by atoms with Crippen molar-refractivity contribution >= 4 is 37.3 Å². The molecule has 1 fully saturated rings. The third-order valence-corrected chi connectivity index (χ3v) is 7.86. The van der Waals surface area contributed by atoms with Crippen LogP contribution in [-0.2, 0) is 10.0 Å². The van der Waals surface area contributed by atoms with Crippen LogP contribution >= 0.6 is 27.3 Å². The minimum atomic E-state index is -3.28. The summed E-state index contributed by atoms with van der Waals surface area (Å²) in [4.78, 5) is 0. The van der Waals surface area contributed by atoms with Gasteiger partial charge in [0.25, 0.3) is 10.0 Å². The number of thiophene rings is 1. The molecule has 1 aliphatic heterocycles. The summed E-state index contributed by atoms with van der Waals surface area (Å²) in [6.45, 7) is 3.49. The van der Waals surface area contributed by atoms with Gasteiger partial charge in [0.15, 0.2) is 0 Å². The lowest BCUT2D eigenvalue weighted by atomic mass is 9.96. The topological polar surface area (TPSA) is 37.4 Å². The van der Waals surface area contributed by atoms with Gasteiger partial charge in [0.2, 0.25) is 0 Å². The van der Waals surface area contributed by atoms with Crippen LogP contribution in [0.1, 0.15) is 26.2 Å². The second kappa shape index (κ2) is 5.38. The molecule has 1 aliphatic rings. The molecule has 0 radical (unpaired) electrons. The van der Waals surface area contributed by atoms with Crippen molar-refractivity contribution in [3.05, 3.63) is 15.9 Å². The normalized spacial score (nSPS) is 19.6. The van der Waals surface area contributed by atoms with Gasteiger partial charge in [0.1, 0.15) is 4.21 Å². The predicted molar refractivity (Wildman–Crippen MR) is 73.8 cm³/mol. The van der Waals surface area contributed by atoms with Crippen molar-refractivity contribution in [2.45, 2.75) is 30.4 Å². The molecular weight excluding hydrogens is 322 g/mol. The first-order valence-corrected chi connectivity index (χ1v) is 8.90. The van der Waals surface area contributed by atoms with E-state index in [1.165, 1.54) is 11.3 Å².